The Morgan fingerprint density at radius 1 is 1.67 bits per heavy atom. The van der Waals surface area contributed by atoms with Gasteiger partial charge in [-0.15, -0.1) is 6.58 Å². The van der Waals surface area contributed by atoms with Crippen LogP contribution in [0, 0.1) is 0 Å². The molecule has 1 rings (SSSR count). The van der Waals surface area contributed by atoms with E-state index in [4.69, 9.17) is 0 Å². The molecule has 0 aliphatic rings. The molecule has 0 N–H and O–H groups in total. The number of carbonyl (C=O) groups is 1. The number of carbonyl (C=O) groups excluding carboxylic acids is 1. The molecule has 0 bridgehead atoms. The van der Waals surface area contributed by atoms with Crippen molar-refractivity contribution in [2.75, 3.05) is 13.1 Å². The number of rotatable bonds is 4. The third-order valence-corrected chi connectivity index (χ3v) is 2.39. The lowest BCUT2D eigenvalue weighted by atomic mass is 10.3. The van der Waals surface area contributed by atoms with Crippen LogP contribution in [0.3, 0.4) is 0 Å². The smallest absolute Gasteiger partial charge is 0.272 e. The molecule has 3 nitrogen and oxygen atoms in total. The highest BCUT2D eigenvalue weighted by molar-refractivity contribution is 9.10. The Hall–Kier alpha value is -1.16. The fourth-order valence-corrected chi connectivity index (χ4v) is 1.54. The third kappa shape index (κ3) is 3.16. The van der Waals surface area contributed by atoms with Crippen LogP contribution in [0.1, 0.15) is 17.4 Å². The number of pyridine rings is 1. The van der Waals surface area contributed by atoms with E-state index in [1.165, 1.54) is 0 Å². The summed E-state index contributed by atoms with van der Waals surface area (Å²) in [6, 6.07) is 5.30. The summed E-state index contributed by atoms with van der Waals surface area (Å²) >= 11 is 3.24. The van der Waals surface area contributed by atoms with Gasteiger partial charge in [0.25, 0.3) is 5.91 Å². The Kier molecular flexibility index (Phi) is 4.49. The minimum absolute atomic E-state index is 0.0706. The average Bonchev–Trinajstić information content (AvgIpc) is 2.25. The summed E-state index contributed by atoms with van der Waals surface area (Å²) < 4.78 is 0.669. The van der Waals surface area contributed by atoms with Crippen molar-refractivity contribution in [1.29, 1.82) is 0 Å². The van der Waals surface area contributed by atoms with E-state index in [-0.39, 0.29) is 5.91 Å². The number of hydrogen-bond donors (Lipinski definition) is 0. The molecule has 15 heavy (non-hydrogen) atoms. The largest absolute Gasteiger partial charge is 0.334 e. The van der Waals surface area contributed by atoms with Gasteiger partial charge in [0, 0.05) is 13.1 Å². The van der Waals surface area contributed by atoms with E-state index in [2.05, 4.69) is 27.5 Å². The van der Waals surface area contributed by atoms with Crippen molar-refractivity contribution < 1.29 is 4.79 Å². The standard InChI is InChI=1S/C11H13BrN2O/c1-3-8-14(4-2)11(15)9-6-5-7-10(12)13-9/h3,5-7H,1,4,8H2,2H3. The maximum atomic E-state index is 11.9. The Balaban J connectivity index is 2.87. The zero-order valence-electron chi connectivity index (χ0n) is 8.61. The summed E-state index contributed by atoms with van der Waals surface area (Å²) in [5.74, 6) is -0.0706. The predicted molar refractivity (Wildman–Crippen MR) is 63.7 cm³/mol. The minimum atomic E-state index is -0.0706. The molecule has 0 saturated heterocycles. The van der Waals surface area contributed by atoms with Crippen molar-refractivity contribution in [3.05, 3.63) is 41.2 Å². The lowest BCUT2D eigenvalue weighted by molar-refractivity contribution is 0.0776. The summed E-state index contributed by atoms with van der Waals surface area (Å²) in [4.78, 5) is 17.7. The van der Waals surface area contributed by atoms with Gasteiger partial charge in [0.15, 0.2) is 0 Å². The molecule has 0 aromatic carbocycles. The van der Waals surface area contributed by atoms with E-state index in [1.54, 1.807) is 29.2 Å². The number of aromatic nitrogens is 1. The highest BCUT2D eigenvalue weighted by atomic mass is 79.9. The molecule has 0 fully saturated rings. The summed E-state index contributed by atoms with van der Waals surface area (Å²) in [5, 5.41) is 0. The molecule has 1 amide bonds. The first-order chi connectivity index (χ1) is 7.19. The Morgan fingerprint density at radius 3 is 2.93 bits per heavy atom. The molecule has 0 spiro atoms. The molecule has 0 radical (unpaired) electrons. The maximum Gasteiger partial charge on any atom is 0.272 e. The second-order valence-electron chi connectivity index (χ2n) is 2.98. The van der Waals surface area contributed by atoms with Gasteiger partial charge >= 0.3 is 0 Å². The van der Waals surface area contributed by atoms with Gasteiger partial charge in [0.05, 0.1) is 0 Å². The normalized spacial score (nSPS) is 9.73. The summed E-state index contributed by atoms with van der Waals surface area (Å²) in [6.07, 6.45) is 1.71. The summed E-state index contributed by atoms with van der Waals surface area (Å²) in [7, 11) is 0. The Labute approximate surface area is 97.9 Å². The maximum absolute atomic E-state index is 11.9. The van der Waals surface area contributed by atoms with E-state index in [1.807, 2.05) is 6.92 Å². The van der Waals surface area contributed by atoms with Crippen LogP contribution in [-0.2, 0) is 0 Å². The molecule has 1 aromatic heterocycles. The molecule has 0 aliphatic heterocycles. The van der Waals surface area contributed by atoms with E-state index in [0.29, 0.717) is 23.4 Å². The highest BCUT2D eigenvalue weighted by Crippen LogP contribution is 2.08. The van der Waals surface area contributed by atoms with Crippen LogP contribution in [-0.4, -0.2) is 28.9 Å². The fraction of sp³-hybridized carbons (Fsp3) is 0.273. The van der Waals surface area contributed by atoms with Crippen molar-refractivity contribution in [3.8, 4) is 0 Å². The van der Waals surface area contributed by atoms with E-state index >= 15 is 0 Å². The monoisotopic (exact) mass is 268 g/mol. The summed E-state index contributed by atoms with van der Waals surface area (Å²) in [5.41, 5.74) is 0.452. The minimum Gasteiger partial charge on any atom is -0.334 e. The second-order valence-corrected chi connectivity index (χ2v) is 3.79. The van der Waals surface area contributed by atoms with Gasteiger partial charge in [-0.25, -0.2) is 4.98 Å². The number of nitrogens with zero attached hydrogens (tertiary/aromatic N) is 2. The van der Waals surface area contributed by atoms with Gasteiger partial charge < -0.3 is 4.90 Å². The fourth-order valence-electron chi connectivity index (χ4n) is 1.20. The van der Waals surface area contributed by atoms with Crippen molar-refractivity contribution in [3.63, 3.8) is 0 Å². The van der Waals surface area contributed by atoms with E-state index in [9.17, 15) is 4.79 Å². The van der Waals surface area contributed by atoms with Crippen LogP contribution < -0.4 is 0 Å². The Morgan fingerprint density at radius 2 is 2.40 bits per heavy atom. The van der Waals surface area contributed by atoms with Crippen molar-refractivity contribution >= 4 is 21.8 Å². The first-order valence-corrected chi connectivity index (χ1v) is 5.51. The molecule has 0 aliphatic carbocycles. The van der Waals surface area contributed by atoms with Gasteiger partial charge in [-0.2, -0.15) is 0 Å². The molecular weight excluding hydrogens is 256 g/mol. The van der Waals surface area contributed by atoms with Crippen LogP contribution in [0.5, 0.6) is 0 Å². The quantitative estimate of drug-likeness (QED) is 0.621. The SMILES string of the molecule is C=CCN(CC)C(=O)c1cccc(Br)n1. The van der Waals surface area contributed by atoms with Gasteiger partial charge in [-0.1, -0.05) is 12.1 Å². The van der Waals surface area contributed by atoms with Gasteiger partial charge in [-0.05, 0) is 35.0 Å². The van der Waals surface area contributed by atoms with Crippen LogP contribution in [0.25, 0.3) is 0 Å². The van der Waals surface area contributed by atoms with E-state index < -0.39 is 0 Å². The zero-order valence-corrected chi connectivity index (χ0v) is 10.2. The highest BCUT2D eigenvalue weighted by Gasteiger charge is 2.13. The van der Waals surface area contributed by atoms with Gasteiger partial charge in [0.1, 0.15) is 10.3 Å². The Bertz CT molecular complexity index is 365. The molecule has 1 aromatic rings. The van der Waals surface area contributed by atoms with Crippen molar-refractivity contribution in [2.24, 2.45) is 0 Å². The van der Waals surface area contributed by atoms with Gasteiger partial charge in [0.2, 0.25) is 0 Å². The number of halogens is 1. The molecule has 0 atom stereocenters. The lowest BCUT2D eigenvalue weighted by Crippen LogP contribution is -2.31. The topological polar surface area (TPSA) is 33.2 Å². The number of hydrogen-bond acceptors (Lipinski definition) is 2. The van der Waals surface area contributed by atoms with E-state index in [0.717, 1.165) is 0 Å². The number of amides is 1. The van der Waals surface area contributed by atoms with Crippen LogP contribution in [0.4, 0.5) is 0 Å². The van der Waals surface area contributed by atoms with Crippen molar-refractivity contribution in [2.45, 2.75) is 6.92 Å². The van der Waals surface area contributed by atoms with Gasteiger partial charge in [-0.3, -0.25) is 4.79 Å². The first kappa shape index (κ1) is 11.9. The second kappa shape index (κ2) is 5.66. The lowest BCUT2D eigenvalue weighted by Gasteiger charge is -2.18. The number of likely N-dealkylation sites (N-methyl/N-ethyl adjacent to an activating group) is 1. The molecule has 0 unspecified atom stereocenters. The average molecular weight is 269 g/mol. The third-order valence-electron chi connectivity index (χ3n) is 1.95. The molecule has 0 saturated carbocycles. The molecular formula is C11H13BrN2O. The predicted octanol–water partition coefficient (Wildman–Crippen LogP) is 2.49. The molecule has 80 valence electrons. The summed E-state index contributed by atoms with van der Waals surface area (Å²) in [6.45, 7) is 6.75. The molecule has 4 heteroatoms. The molecule has 1 heterocycles. The first-order valence-electron chi connectivity index (χ1n) is 4.71. The zero-order chi connectivity index (χ0) is 11.3. The van der Waals surface area contributed by atoms with Crippen molar-refractivity contribution in [1.82, 2.24) is 9.88 Å². The van der Waals surface area contributed by atoms with Crippen LogP contribution >= 0.6 is 15.9 Å². The van der Waals surface area contributed by atoms with Crippen LogP contribution in [0.15, 0.2) is 35.5 Å². The van der Waals surface area contributed by atoms with Crippen LogP contribution in [0.2, 0.25) is 0 Å².